The van der Waals surface area contributed by atoms with Crippen molar-refractivity contribution in [3.05, 3.63) is 0 Å². The molecule has 2 amide bonds. The Bertz CT molecular complexity index is 314. The average Bonchev–Trinajstić information content (AvgIpc) is 2.81. The maximum Gasteiger partial charge on any atom is 0.320 e. The largest absolute Gasteiger partial charge is 0.481 e. The summed E-state index contributed by atoms with van der Waals surface area (Å²) in [5, 5.41) is 9.21. The van der Waals surface area contributed by atoms with E-state index in [0.717, 1.165) is 25.9 Å². The number of hydrogen-bond donors (Lipinski definition) is 1. The lowest BCUT2D eigenvalue weighted by Gasteiger charge is -2.32. The van der Waals surface area contributed by atoms with Crippen molar-refractivity contribution in [1.29, 1.82) is 0 Å². The van der Waals surface area contributed by atoms with Gasteiger partial charge in [-0.1, -0.05) is 20.8 Å². The van der Waals surface area contributed by atoms with Crippen LogP contribution in [0.3, 0.4) is 0 Å². The number of carboxylic acids is 1. The molecule has 0 saturated carbocycles. The first-order valence-electron chi connectivity index (χ1n) is 7.35. The molecule has 0 aliphatic carbocycles. The van der Waals surface area contributed by atoms with E-state index < -0.39 is 11.9 Å². The first kappa shape index (κ1) is 15.8. The topological polar surface area (TPSA) is 60.9 Å². The van der Waals surface area contributed by atoms with Crippen LogP contribution in [0.25, 0.3) is 0 Å². The second-order valence-corrected chi connectivity index (χ2v) is 5.17. The highest BCUT2D eigenvalue weighted by Gasteiger charge is 2.41. The number of aliphatic carboxylic acids is 1. The number of carboxylic acid groups (broad SMARTS) is 1. The molecule has 0 spiro atoms. The van der Waals surface area contributed by atoms with Crippen molar-refractivity contribution >= 4 is 12.0 Å². The van der Waals surface area contributed by atoms with E-state index in [1.165, 1.54) is 0 Å². The molecule has 1 aliphatic heterocycles. The van der Waals surface area contributed by atoms with Crippen molar-refractivity contribution in [2.75, 3.05) is 19.6 Å². The van der Waals surface area contributed by atoms with E-state index in [1.807, 2.05) is 11.8 Å². The Morgan fingerprint density at radius 1 is 1.21 bits per heavy atom. The Kier molecular flexibility index (Phi) is 6.12. The fourth-order valence-corrected chi connectivity index (χ4v) is 2.91. The second kappa shape index (κ2) is 7.36. The van der Waals surface area contributed by atoms with Crippen LogP contribution in [0.1, 0.15) is 46.5 Å². The molecule has 0 aromatic heterocycles. The molecule has 0 aromatic carbocycles. The summed E-state index contributed by atoms with van der Waals surface area (Å²) in [6, 6.07) is -0.138. The van der Waals surface area contributed by atoms with Crippen molar-refractivity contribution in [1.82, 2.24) is 9.80 Å². The molecule has 5 nitrogen and oxygen atoms in total. The summed E-state index contributed by atoms with van der Waals surface area (Å²) in [7, 11) is 0. The lowest BCUT2D eigenvalue weighted by molar-refractivity contribution is -0.142. The van der Waals surface area contributed by atoms with Gasteiger partial charge in [0, 0.05) is 25.7 Å². The van der Waals surface area contributed by atoms with Gasteiger partial charge in [0.1, 0.15) is 0 Å². The highest BCUT2D eigenvalue weighted by atomic mass is 16.4. The minimum absolute atomic E-state index is 0.0132. The maximum atomic E-state index is 12.5. The van der Waals surface area contributed by atoms with E-state index in [9.17, 15) is 14.7 Å². The highest BCUT2D eigenvalue weighted by Crippen LogP contribution is 2.28. The van der Waals surface area contributed by atoms with Crippen molar-refractivity contribution in [2.45, 2.75) is 52.5 Å². The van der Waals surface area contributed by atoms with Gasteiger partial charge in [0.15, 0.2) is 0 Å². The predicted molar refractivity (Wildman–Crippen MR) is 74.1 cm³/mol. The maximum absolute atomic E-state index is 12.5. The zero-order valence-electron chi connectivity index (χ0n) is 12.3. The van der Waals surface area contributed by atoms with Gasteiger partial charge in [0.05, 0.1) is 5.92 Å². The molecular weight excluding hydrogens is 244 g/mol. The van der Waals surface area contributed by atoms with Crippen molar-refractivity contribution in [2.24, 2.45) is 5.92 Å². The average molecular weight is 270 g/mol. The summed E-state index contributed by atoms with van der Waals surface area (Å²) in [5.41, 5.74) is 0. The second-order valence-electron chi connectivity index (χ2n) is 5.17. The highest BCUT2D eigenvalue weighted by molar-refractivity contribution is 5.78. The third-order valence-corrected chi connectivity index (χ3v) is 3.78. The zero-order chi connectivity index (χ0) is 14.4. The molecular formula is C14H26N2O3. The summed E-state index contributed by atoms with van der Waals surface area (Å²) < 4.78 is 0. The molecule has 0 radical (unpaired) electrons. The number of nitrogens with zero attached hydrogens (tertiary/aromatic N) is 2. The summed E-state index contributed by atoms with van der Waals surface area (Å²) in [6.07, 6.45) is 3.14. The van der Waals surface area contributed by atoms with Crippen LogP contribution < -0.4 is 0 Å². The first-order valence-corrected chi connectivity index (χ1v) is 7.35. The van der Waals surface area contributed by atoms with Crippen LogP contribution in [0, 0.1) is 5.92 Å². The van der Waals surface area contributed by atoms with E-state index in [-0.39, 0.29) is 12.1 Å². The summed E-state index contributed by atoms with van der Waals surface area (Å²) in [5.74, 6) is -1.18. The van der Waals surface area contributed by atoms with E-state index in [2.05, 4.69) is 13.8 Å². The van der Waals surface area contributed by atoms with Gasteiger partial charge in [-0.2, -0.15) is 0 Å². The standard InChI is InChI=1S/C14H26N2O3/c1-4-8-15(9-5-2)14(19)16-10-7-11(13(17)18)12(16)6-3/h11-12H,4-10H2,1-3H3,(H,17,18). The molecule has 0 bridgehead atoms. The molecule has 19 heavy (non-hydrogen) atoms. The van der Waals surface area contributed by atoms with E-state index in [4.69, 9.17) is 0 Å². The smallest absolute Gasteiger partial charge is 0.320 e. The normalized spacial score (nSPS) is 22.6. The Hall–Kier alpha value is -1.26. The number of rotatable bonds is 6. The molecule has 110 valence electrons. The Balaban J connectivity index is 2.77. The van der Waals surface area contributed by atoms with Gasteiger partial charge in [0.25, 0.3) is 0 Å². The van der Waals surface area contributed by atoms with Gasteiger partial charge in [-0.15, -0.1) is 0 Å². The molecule has 2 atom stereocenters. The number of urea groups is 1. The fourth-order valence-electron chi connectivity index (χ4n) is 2.91. The molecule has 0 aromatic rings. The number of amides is 2. The summed E-state index contributed by atoms with van der Waals surface area (Å²) in [6.45, 7) is 8.12. The summed E-state index contributed by atoms with van der Waals surface area (Å²) in [4.78, 5) is 27.4. The monoisotopic (exact) mass is 270 g/mol. The Morgan fingerprint density at radius 3 is 2.21 bits per heavy atom. The SMILES string of the molecule is CCCN(CCC)C(=O)N1CCC(C(=O)O)C1CC. The fraction of sp³-hybridized carbons (Fsp3) is 0.857. The number of carbonyl (C=O) groups is 2. The quantitative estimate of drug-likeness (QED) is 0.806. The minimum Gasteiger partial charge on any atom is -0.481 e. The van der Waals surface area contributed by atoms with E-state index in [1.54, 1.807) is 4.90 Å². The van der Waals surface area contributed by atoms with Gasteiger partial charge >= 0.3 is 12.0 Å². The van der Waals surface area contributed by atoms with E-state index in [0.29, 0.717) is 19.4 Å². The zero-order valence-corrected chi connectivity index (χ0v) is 12.3. The van der Waals surface area contributed by atoms with Crippen LogP contribution in [0.4, 0.5) is 4.79 Å². The van der Waals surface area contributed by atoms with Gasteiger partial charge in [-0.25, -0.2) is 4.79 Å². The third-order valence-electron chi connectivity index (χ3n) is 3.78. The minimum atomic E-state index is -0.778. The first-order chi connectivity index (χ1) is 9.06. The van der Waals surface area contributed by atoms with Crippen LogP contribution in [0.5, 0.6) is 0 Å². The Morgan fingerprint density at radius 2 is 1.79 bits per heavy atom. The molecule has 1 saturated heterocycles. The van der Waals surface area contributed by atoms with Crippen LogP contribution in [0.15, 0.2) is 0 Å². The molecule has 1 aliphatic rings. The molecule has 5 heteroatoms. The van der Waals surface area contributed by atoms with Crippen LogP contribution >= 0.6 is 0 Å². The molecule has 1 heterocycles. The number of carbonyl (C=O) groups excluding carboxylic acids is 1. The van der Waals surface area contributed by atoms with Crippen LogP contribution in [0.2, 0.25) is 0 Å². The van der Waals surface area contributed by atoms with Gasteiger partial charge in [-0.3, -0.25) is 4.79 Å². The van der Waals surface area contributed by atoms with Crippen LogP contribution in [-0.4, -0.2) is 52.6 Å². The van der Waals surface area contributed by atoms with Crippen molar-refractivity contribution in [3.8, 4) is 0 Å². The summed E-state index contributed by atoms with van der Waals surface area (Å²) >= 11 is 0. The Labute approximate surface area is 115 Å². The molecule has 1 N–H and O–H groups in total. The van der Waals surface area contributed by atoms with E-state index >= 15 is 0 Å². The third kappa shape index (κ3) is 3.61. The molecule has 1 fully saturated rings. The number of hydrogen-bond acceptors (Lipinski definition) is 2. The molecule has 2 unspecified atom stereocenters. The number of likely N-dealkylation sites (tertiary alicyclic amines) is 1. The van der Waals surface area contributed by atoms with Gasteiger partial charge in [-0.05, 0) is 25.7 Å². The lowest BCUT2D eigenvalue weighted by atomic mass is 9.99. The lowest BCUT2D eigenvalue weighted by Crippen LogP contribution is -2.47. The van der Waals surface area contributed by atoms with Crippen LogP contribution in [-0.2, 0) is 4.79 Å². The van der Waals surface area contributed by atoms with Crippen molar-refractivity contribution < 1.29 is 14.7 Å². The van der Waals surface area contributed by atoms with Crippen molar-refractivity contribution in [3.63, 3.8) is 0 Å². The van der Waals surface area contributed by atoms with Gasteiger partial charge in [0.2, 0.25) is 0 Å². The molecule has 1 rings (SSSR count). The van der Waals surface area contributed by atoms with Gasteiger partial charge < -0.3 is 14.9 Å². The predicted octanol–water partition coefficient (Wildman–Crippen LogP) is 2.41.